The summed E-state index contributed by atoms with van der Waals surface area (Å²) in [6.45, 7) is 6.63. The molecule has 0 saturated carbocycles. The lowest BCUT2D eigenvalue weighted by Crippen LogP contribution is -2.29. The maximum Gasteiger partial charge on any atom is 0.251 e. The second-order valence-corrected chi connectivity index (χ2v) is 9.81. The van der Waals surface area contributed by atoms with E-state index in [1.165, 1.54) is 16.1 Å². The van der Waals surface area contributed by atoms with Crippen LogP contribution in [0.15, 0.2) is 66.7 Å². The van der Waals surface area contributed by atoms with Crippen molar-refractivity contribution in [2.45, 2.75) is 33.9 Å². The second-order valence-electron chi connectivity index (χ2n) is 7.90. The third-order valence-electron chi connectivity index (χ3n) is 5.29. The van der Waals surface area contributed by atoms with E-state index in [4.69, 9.17) is 0 Å². The SMILES string of the molecule is Cc1ccc(CNC(=O)c2ccc(CN(c3ccc(C)c(C)c3)S(C)(=O)=O)cc2)cc1. The fourth-order valence-corrected chi connectivity index (χ4v) is 4.08. The van der Waals surface area contributed by atoms with Crippen molar-refractivity contribution in [1.29, 1.82) is 0 Å². The average Bonchev–Trinajstić information content (AvgIpc) is 2.73. The molecule has 1 amide bonds. The van der Waals surface area contributed by atoms with Crippen molar-refractivity contribution in [2.75, 3.05) is 10.6 Å². The Morgan fingerprint density at radius 2 is 1.45 bits per heavy atom. The van der Waals surface area contributed by atoms with Crippen molar-refractivity contribution in [2.24, 2.45) is 0 Å². The zero-order chi connectivity index (χ0) is 22.6. The van der Waals surface area contributed by atoms with Gasteiger partial charge in [0, 0.05) is 12.1 Å². The minimum Gasteiger partial charge on any atom is -0.348 e. The van der Waals surface area contributed by atoms with Crippen LogP contribution in [0.3, 0.4) is 0 Å². The fraction of sp³-hybridized carbons (Fsp3) is 0.240. The highest BCUT2D eigenvalue weighted by Crippen LogP contribution is 2.23. The summed E-state index contributed by atoms with van der Waals surface area (Å²) in [6, 6.07) is 20.7. The van der Waals surface area contributed by atoms with Crippen molar-refractivity contribution in [3.8, 4) is 0 Å². The van der Waals surface area contributed by atoms with E-state index in [9.17, 15) is 13.2 Å². The van der Waals surface area contributed by atoms with E-state index in [2.05, 4.69) is 5.32 Å². The summed E-state index contributed by atoms with van der Waals surface area (Å²) in [6.07, 6.45) is 1.20. The number of carbonyl (C=O) groups excluding carboxylic acids is 1. The third kappa shape index (κ3) is 5.95. The van der Waals surface area contributed by atoms with E-state index in [1.54, 1.807) is 24.3 Å². The molecule has 0 fully saturated rings. The van der Waals surface area contributed by atoms with Crippen LogP contribution in [-0.2, 0) is 23.1 Å². The zero-order valence-corrected chi connectivity index (χ0v) is 19.2. The monoisotopic (exact) mass is 436 g/mol. The van der Waals surface area contributed by atoms with Gasteiger partial charge in [0.15, 0.2) is 0 Å². The van der Waals surface area contributed by atoms with Crippen LogP contribution >= 0.6 is 0 Å². The summed E-state index contributed by atoms with van der Waals surface area (Å²) in [5, 5.41) is 2.91. The van der Waals surface area contributed by atoms with Crippen LogP contribution in [0.4, 0.5) is 5.69 Å². The van der Waals surface area contributed by atoms with Gasteiger partial charge >= 0.3 is 0 Å². The zero-order valence-electron chi connectivity index (χ0n) is 18.3. The second kappa shape index (κ2) is 9.35. The lowest BCUT2D eigenvalue weighted by molar-refractivity contribution is 0.0951. The van der Waals surface area contributed by atoms with Gasteiger partial charge in [0.1, 0.15) is 0 Å². The summed E-state index contributed by atoms with van der Waals surface area (Å²) in [4.78, 5) is 12.5. The molecule has 0 aliphatic heterocycles. The molecule has 1 N–H and O–H groups in total. The van der Waals surface area contributed by atoms with E-state index in [-0.39, 0.29) is 12.5 Å². The Morgan fingerprint density at radius 3 is 2.03 bits per heavy atom. The first-order valence-corrected chi connectivity index (χ1v) is 12.0. The highest BCUT2D eigenvalue weighted by molar-refractivity contribution is 7.92. The molecule has 6 heteroatoms. The predicted molar refractivity (Wildman–Crippen MR) is 126 cm³/mol. The van der Waals surface area contributed by atoms with Crippen LogP contribution < -0.4 is 9.62 Å². The lowest BCUT2D eigenvalue weighted by atomic mass is 10.1. The number of hydrogen-bond acceptors (Lipinski definition) is 3. The van der Waals surface area contributed by atoms with Crippen LogP contribution in [0.2, 0.25) is 0 Å². The molecule has 0 spiro atoms. The molecule has 0 radical (unpaired) electrons. The highest BCUT2D eigenvalue weighted by atomic mass is 32.2. The Bertz CT molecular complexity index is 1170. The van der Waals surface area contributed by atoms with Gasteiger partial charge in [-0.15, -0.1) is 0 Å². The topological polar surface area (TPSA) is 66.5 Å². The Labute approximate surface area is 184 Å². The van der Waals surface area contributed by atoms with E-state index in [1.807, 2.05) is 63.2 Å². The molecule has 3 rings (SSSR count). The first-order chi connectivity index (χ1) is 14.6. The van der Waals surface area contributed by atoms with Gasteiger partial charge in [-0.25, -0.2) is 8.42 Å². The number of nitrogens with zero attached hydrogens (tertiary/aromatic N) is 1. The van der Waals surface area contributed by atoms with Crippen molar-refractivity contribution in [3.05, 3.63) is 100 Å². The van der Waals surface area contributed by atoms with Gasteiger partial charge in [-0.1, -0.05) is 48.0 Å². The standard InChI is InChI=1S/C25H28N2O3S/c1-18-5-8-21(9-6-18)16-26-25(28)23-12-10-22(11-13-23)17-27(31(4,29)30)24-14-7-19(2)20(3)15-24/h5-15H,16-17H2,1-4H3,(H,26,28). The highest BCUT2D eigenvalue weighted by Gasteiger charge is 2.18. The molecule has 0 unspecified atom stereocenters. The van der Waals surface area contributed by atoms with Gasteiger partial charge in [-0.3, -0.25) is 9.10 Å². The van der Waals surface area contributed by atoms with Gasteiger partial charge in [0.25, 0.3) is 5.91 Å². The molecule has 31 heavy (non-hydrogen) atoms. The molecule has 0 heterocycles. The first kappa shape index (κ1) is 22.6. The summed E-state index contributed by atoms with van der Waals surface area (Å²) in [5.41, 5.74) is 6.32. The predicted octanol–water partition coefficient (Wildman–Crippen LogP) is 4.51. The van der Waals surface area contributed by atoms with Gasteiger partial charge < -0.3 is 5.32 Å². The smallest absolute Gasteiger partial charge is 0.251 e. The number of rotatable bonds is 7. The molecule has 0 atom stereocenters. The van der Waals surface area contributed by atoms with Gasteiger partial charge in [0.05, 0.1) is 18.5 Å². The van der Waals surface area contributed by atoms with Gasteiger partial charge in [-0.05, 0) is 67.3 Å². The van der Waals surface area contributed by atoms with Crippen LogP contribution in [-0.4, -0.2) is 20.6 Å². The van der Waals surface area contributed by atoms with Crippen LogP contribution in [0, 0.1) is 20.8 Å². The van der Waals surface area contributed by atoms with Crippen LogP contribution in [0.25, 0.3) is 0 Å². The maximum absolute atomic E-state index is 12.5. The van der Waals surface area contributed by atoms with Gasteiger partial charge in [-0.2, -0.15) is 0 Å². The third-order valence-corrected chi connectivity index (χ3v) is 6.44. The van der Waals surface area contributed by atoms with Crippen LogP contribution in [0.1, 0.15) is 38.2 Å². The first-order valence-electron chi connectivity index (χ1n) is 10.1. The number of aryl methyl sites for hydroxylation is 3. The molecule has 3 aromatic rings. The summed E-state index contributed by atoms with van der Waals surface area (Å²) in [7, 11) is -3.46. The molecular weight excluding hydrogens is 408 g/mol. The van der Waals surface area contributed by atoms with Crippen molar-refractivity contribution >= 4 is 21.6 Å². The van der Waals surface area contributed by atoms with Crippen LogP contribution in [0.5, 0.6) is 0 Å². The number of carbonyl (C=O) groups is 1. The molecule has 0 saturated heterocycles. The molecule has 0 aliphatic rings. The molecule has 3 aromatic carbocycles. The average molecular weight is 437 g/mol. The number of hydrogen-bond donors (Lipinski definition) is 1. The number of nitrogens with one attached hydrogen (secondary N) is 1. The maximum atomic E-state index is 12.5. The summed E-state index contributed by atoms with van der Waals surface area (Å²) >= 11 is 0. The summed E-state index contributed by atoms with van der Waals surface area (Å²) in [5.74, 6) is -0.166. The number of anilines is 1. The molecule has 5 nitrogen and oxygen atoms in total. The van der Waals surface area contributed by atoms with E-state index < -0.39 is 10.0 Å². The van der Waals surface area contributed by atoms with Crippen molar-refractivity contribution in [1.82, 2.24) is 5.32 Å². The van der Waals surface area contributed by atoms with Crippen molar-refractivity contribution in [3.63, 3.8) is 0 Å². The number of benzene rings is 3. The minimum atomic E-state index is -3.46. The Balaban J connectivity index is 1.70. The number of sulfonamides is 1. The van der Waals surface area contributed by atoms with Crippen molar-refractivity contribution < 1.29 is 13.2 Å². The largest absolute Gasteiger partial charge is 0.348 e. The van der Waals surface area contributed by atoms with E-state index in [0.717, 1.165) is 22.3 Å². The quantitative estimate of drug-likeness (QED) is 0.593. The van der Waals surface area contributed by atoms with E-state index >= 15 is 0 Å². The van der Waals surface area contributed by atoms with Gasteiger partial charge in [0.2, 0.25) is 10.0 Å². The molecule has 162 valence electrons. The summed E-state index contributed by atoms with van der Waals surface area (Å²) < 4.78 is 26.2. The Kier molecular flexibility index (Phi) is 6.81. The molecule has 0 aromatic heterocycles. The molecule has 0 bridgehead atoms. The fourth-order valence-electron chi connectivity index (χ4n) is 3.20. The number of amides is 1. The molecule has 0 aliphatic carbocycles. The minimum absolute atomic E-state index is 0.166. The Hall–Kier alpha value is -3.12. The normalized spacial score (nSPS) is 11.2. The molecular formula is C25H28N2O3S. The lowest BCUT2D eigenvalue weighted by Gasteiger charge is -2.23. The van der Waals surface area contributed by atoms with E-state index in [0.29, 0.717) is 17.8 Å². The Morgan fingerprint density at radius 1 is 0.839 bits per heavy atom.